The van der Waals surface area contributed by atoms with Gasteiger partial charge in [-0.05, 0) is 30.7 Å². The molecule has 0 aliphatic heterocycles. The second-order valence-electron chi connectivity index (χ2n) is 4.26. The zero-order valence-corrected chi connectivity index (χ0v) is 13.0. The predicted molar refractivity (Wildman–Crippen MR) is 74.1 cm³/mol. The van der Waals surface area contributed by atoms with Gasteiger partial charge in [-0.25, -0.2) is 8.42 Å². The van der Waals surface area contributed by atoms with Crippen molar-refractivity contribution >= 4 is 20.2 Å². The maximum Gasteiger partial charge on any atom is 0.332 e. The Morgan fingerprint density at radius 1 is 1.00 bits per heavy atom. The first-order chi connectivity index (χ1) is 9.23. The van der Waals surface area contributed by atoms with Crippen LogP contribution in [0.5, 0.6) is 0 Å². The highest BCUT2D eigenvalue weighted by atomic mass is 32.3. The van der Waals surface area contributed by atoms with E-state index in [0.29, 0.717) is 13.1 Å². The van der Waals surface area contributed by atoms with Crippen LogP contribution in [-0.2, 0) is 20.2 Å². The molecular weight excluding hydrogens is 305 g/mol. The van der Waals surface area contributed by atoms with Gasteiger partial charge in [-0.2, -0.15) is 12.7 Å². The van der Waals surface area contributed by atoms with Gasteiger partial charge < -0.3 is 0 Å². The lowest BCUT2D eigenvalue weighted by Crippen LogP contribution is -2.31. The van der Waals surface area contributed by atoms with Gasteiger partial charge in [0.1, 0.15) is 0 Å². The maximum atomic E-state index is 12.8. The summed E-state index contributed by atoms with van der Waals surface area (Å²) < 4.78 is 60.1. The van der Waals surface area contributed by atoms with E-state index < -0.39 is 25.1 Å². The Balaban J connectivity index is 3.09. The quantitative estimate of drug-likeness (QED) is 0.721. The van der Waals surface area contributed by atoms with Gasteiger partial charge in [0.25, 0.3) is 0 Å². The number of unbranched alkanes of at least 4 members (excludes halogenated alkanes) is 1. The normalized spacial score (nSPS) is 12.8. The van der Waals surface area contributed by atoms with E-state index in [9.17, 15) is 20.7 Å². The van der Waals surface area contributed by atoms with E-state index in [1.54, 1.807) is 6.92 Å². The third kappa shape index (κ3) is 4.00. The largest absolute Gasteiger partial charge is 0.332 e. The monoisotopic (exact) mass is 323 g/mol. The van der Waals surface area contributed by atoms with Crippen LogP contribution in [0.15, 0.2) is 34.1 Å². The second-order valence-corrected chi connectivity index (χ2v) is 7.54. The molecule has 0 N–H and O–H groups in total. The summed E-state index contributed by atoms with van der Waals surface area (Å²) in [6.45, 7) is 4.42. The van der Waals surface area contributed by atoms with Crippen molar-refractivity contribution in [1.29, 1.82) is 0 Å². The average molecular weight is 323 g/mol. The Morgan fingerprint density at radius 2 is 1.50 bits per heavy atom. The Morgan fingerprint density at radius 3 is 1.90 bits per heavy atom. The van der Waals surface area contributed by atoms with Crippen molar-refractivity contribution in [3.8, 4) is 0 Å². The van der Waals surface area contributed by atoms with Crippen molar-refractivity contribution in [1.82, 2.24) is 4.31 Å². The number of sulfonamides is 1. The minimum Gasteiger partial charge on any atom is -0.207 e. The molecule has 0 aliphatic rings. The number of benzene rings is 1. The summed E-state index contributed by atoms with van der Waals surface area (Å²) in [5.74, 6) is 0. The van der Waals surface area contributed by atoms with Gasteiger partial charge in [0.2, 0.25) is 10.0 Å². The van der Waals surface area contributed by atoms with Crippen molar-refractivity contribution in [2.75, 3.05) is 13.1 Å². The van der Waals surface area contributed by atoms with Gasteiger partial charge in [-0.15, -0.1) is 3.89 Å². The van der Waals surface area contributed by atoms with Gasteiger partial charge in [-0.1, -0.05) is 20.3 Å². The number of nitrogens with zero attached hydrogens (tertiary/aromatic N) is 1. The van der Waals surface area contributed by atoms with E-state index in [0.717, 1.165) is 37.1 Å². The lowest BCUT2D eigenvalue weighted by atomic mass is 10.3. The Labute approximate surface area is 119 Å². The highest BCUT2D eigenvalue weighted by Gasteiger charge is 2.23. The van der Waals surface area contributed by atoms with Crippen LogP contribution < -0.4 is 0 Å². The van der Waals surface area contributed by atoms with E-state index in [2.05, 4.69) is 0 Å². The van der Waals surface area contributed by atoms with Crippen LogP contribution in [0.3, 0.4) is 0 Å². The zero-order valence-electron chi connectivity index (χ0n) is 11.4. The molecule has 0 saturated heterocycles. The number of hydrogen-bond donors (Lipinski definition) is 0. The van der Waals surface area contributed by atoms with Gasteiger partial charge in [0, 0.05) is 13.1 Å². The van der Waals surface area contributed by atoms with Crippen LogP contribution in [0.2, 0.25) is 0 Å². The molecule has 0 atom stereocenters. The topological polar surface area (TPSA) is 71.5 Å². The number of rotatable bonds is 7. The van der Waals surface area contributed by atoms with Crippen LogP contribution in [0.4, 0.5) is 3.89 Å². The fourth-order valence-electron chi connectivity index (χ4n) is 1.71. The second kappa shape index (κ2) is 6.64. The first-order valence-electron chi connectivity index (χ1n) is 6.28. The molecule has 8 heteroatoms. The van der Waals surface area contributed by atoms with Crippen LogP contribution in [-0.4, -0.2) is 34.2 Å². The highest BCUT2D eigenvalue weighted by Crippen LogP contribution is 2.19. The van der Waals surface area contributed by atoms with Gasteiger partial charge >= 0.3 is 10.2 Å². The molecule has 1 aromatic rings. The number of halogens is 1. The summed E-state index contributed by atoms with van der Waals surface area (Å²) in [4.78, 5) is -0.587. The number of hydrogen-bond acceptors (Lipinski definition) is 4. The molecule has 0 saturated carbocycles. The molecule has 0 spiro atoms. The summed E-state index contributed by atoms with van der Waals surface area (Å²) >= 11 is 0. The Hall–Kier alpha value is -0.990. The van der Waals surface area contributed by atoms with Crippen LogP contribution in [0.1, 0.15) is 26.7 Å². The standard InChI is InChI=1S/C12H18FNO4S2/c1-3-5-10-14(4-2)20(17,18)12-8-6-11(7-9-12)19(13,15)16/h6-9H,3-5,10H2,1-2H3. The molecule has 0 aliphatic carbocycles. The SMILES string of the molecule is CCCCN(CC)S(=O)(=O)c1ccc(S(=O)(=O)F)cc1. The van der Waals surface area contributed by atoms with Crippen molar-refractivity contribution in [2.45, 2.75) is 36.5 Å². The first-order valence-corrected chi connectivity index (χ1v) is 9.10. The first kappa shape index (κ1) is 17.1. The lowest BCUT2D eigenvalue weighted by molar-refractivity contribution is 0.419. The zero-order chi connectivity index (χ0) is 15.4. The summed E-state index contributed by atoms with van der Waals surface area (Å²) in [5.41, 5.74) is 0. The molecule has 0 radical (unpaired) electrons. The minimum atomic E-state index is -4.81. The van der Waals surface area contributed by atoms with Gasteiger partial charge in [0.15, 0.2) is 0 Å². The fourth-order valence-corrected chi connectivity index (χ4v) is 3.65. The Kier molecular flexibility index (Phi) is 5.67. The van der Waals surface area contributed by atoms with Crippen molar-refractivity contribution in [3.05, 3.63) is 24.3 Å². The molecule has 1 aromatic carbocycles. The van der Waals surface area contributed by atoms with E-state index >= 15 is 0 Å². The smallest absolute Gasteiger partial charge is 0.207 e. The minimum absolute atomic E-state index is 0.0390. The Bertz CT molecular complexity index is 639. The fraction of sp³-hybridized carbons (Fsp3) is 0.500. The molecule has 0 unspecified atom stereocenters. The van der Waals surface area contributed by atoms with Crippen LogP contribution >= 0.6 is 0 Å². The van der Waals surface area contributed by atoms with Gasteiger partial charge in [-0.3, -0.25) is 0 Å². The van der Waals surface area contributed by atoms with E-state index in [-0.39, 0.29) is 4.90 Å². The van der Waals surface area contributed by atoms with Gasteiger partial charge in [0.05, 0.1) is 9.79 Å². The molecule has 20 heavy (non-hydrogen) atoms. The molecule has 1 rings (SSSR count). The predicted octanol–water partition coefficient (Wildman–Crippen LogP) is 2.16. The molecule has 0 fully saturated rings. The molecule has 114 valence electrons. The summed E-state index contributed by atoms with van der Waals surface area (Å²) in [6, 6.07) is 4.12. The molecule has 0 amide bonds. The lowest BCUT2D eigenvalue weighted by Gasteiger charge is -2.20. The average Bonchev–Trinajstić information content (AvgIpc) is 2.38. The van der Waals surface area contributed by atoms with E-state index in [1.807, 2.05) is 6.92 Å². The van der Waals surface area contributed by atoms with Crippen molar-refractivity contribution in [3.63, 3.8) is 0 Å². The summed E-state index contributed by atoms with van der Waals surface area (Å²) in [7, 11) is -8.48. The van der Waals surface area contributed by atoms with E-state index in [1.165, 1.54) is 4.31 Å². The van der Waals surface area contributed by atoms with E-state index in [4.69, 9.17) is 0 Å². The van der Waals surface area contributed by atoms with Crippen molar-refractivity contribution in [2.24, 2.45) is 0 Å². The third-order valence-corrected chi connectivity index (χ3v) is 5.68. The molecule has 5 nitrogen and oxygen atoms in total. The summed E-state index contributed by atoms with van der Waals surface area (Å²) in [6.07, 6.45) is 1.61. The third-order valence-electron chi connectivity index (χ3n) is 2.86. The van der Waals surface area contributed by atoms with Crippen molar-refractivity contribution < 1.29 is 20.7 Å². The maximum absolute atomic E-state index is 12.8. The molecule has 0 bridgehead atoms. The summed E-state index contributed by atoms with van der Waals surface area (Å²) in [5, 5.41) is 0. The molecule has 0 heterocycles. The molecule has 0 aromatic heterocycles. The highest BCUT2D eigenvalue weighted by molar-refractivity contribution is 7.89. The van der Waals surface area contributed by atoms with Crippen LogP contribution in [0.25, 0.3) is 0 Å². The van der Waals surface area contributed by atoms with Crippen LogP contribution in [0, 0.1) is 0 Å². The molecular formula is C12H18FNO4S2.